The maximum atomic E-state index is 13.3. The summed E-state index contributed by atoms with van der Waals surface area (Å²) in [5, 5.41) is 11.2. The number of amides is 1. The Morgan fingerprint density at radius 2 is 1.81 bits per heavy atom. The highest BCUT2D eigenvalue weighted by molar-refractivity contribution is 5.78. The first-order valence-corrected chi connectivity index (χ1v) is 9.52. The normalized spacial score (nSPS) is 24.1. The van der Waals surface area contributed by atoms with Crippen LogP contribution in [0.25, 0.3) is 0 Å². The number of carbonyl (C=O) groups excluding carboxylic acids is 1. The van der Waals surface area contributed by atoms with Crippen LogP contribution in [0.5, 0.6) is 0 Å². The molecule has 7 nitrogen and oxygen atoms in total. The Labute approximate surface area is 158 Å². The minimum absolute atomic E-state index is 0.162. The van der Waals surface area contributed by atoms with E-state index in [2.05, 4.69) is 18.7 Å². The van der Waals surface area contributed by atoms with Crippen LogP contribution in [0.2, 0.25) is 0 Å². The predicted octanol–water partition coefficient (Wildman–Crippen LogP) is 2.36. The molecule has 2 atom stereocenters. The fraction of sp³-hybridized carbons (Fsp3) is 0.632. The van der Waals surface area contributed by atoms with Gasteiger partial charge in [0.15, 0.2) is 0 Å². The smallest absolute Gasteiger partial charge is 0.295 e. The lowest BCUT2D eigenvalue weighted by atomic mass is 9.92. The molecule has 0 radical (unpaired) electrons. The molecule has 2 heterocycles. The van der Waals surface area contributed by atoms with Crippen molar-refractivity contribution in [3.05, 3.63) is 34.1 Å². The van der Waals surface area contributed by atoms with Crippen molar-refractivity contribution in [3.8, 4) is 0 Å². The Kier molecular flexibility index (Phi) is 5.94. The Bertz CT molecular complexity index is 696. The van der Waals surface area contributed by atoms with E-state index in [1.54, 1.807) is 0 Å². The molecule has 27 heavy (non-hydrogen) atoms. The number of piperazine rings is 1. The lowest BCUT2D eigenvalue weighted by molar-refractivity contribution is -0.384. The minimum atomic E-state index is -0.611. The lowest BCUT2D eigenvalue weighted by Gasteiger charge is -2.38. The number of hydrogen-bond donors (Lipinski definition) is 0. The first-order chi connectivity index (χ1) is 12.8. The molecule has 0 aliphatic carbocycles. The monoisotopic (exact) mass is 378 g/mol. The highest BCUT2D eigenvalue weighted by Crippen LogP contribution is 2.29. The first kappa shape index (κ1) is 19.5. The molecule has 1 aromatic rings. The average Bonchev–Trinajstić information content (AvgIpc) is 2.61. The highest BCUT2D eigenvalue weighted by Gasteiger charge is 2.29. The maximum Gasteiger partial charge on any atom is 0.295 e. The van der Waals surface area contributed by atoms with Crippen LogP contribution in [0.3, 0.4) is 0 Å². The topological polar surface area (TPSA) is 69.9 Å². The van der Waals surface area contributed by atoms with Gasteiger partial charge in [0.25, 0.3) is 5.69 Å². The molecule has 1 amide bonds. The van der Waals surface area contributed by atoms with Crippen molar-refractivity contribution in [2.45, 2.75) is 20.3 Å². The van der Waals surface area contributed by atoms with Crippen molar-refractivity contribution < 1.29 is 14.1 Å². The van der Waals surface area contributed by atoms with E-state index in [-0.39, 0.29) is 11.6 Å². The molecule has 2 aliphatic rings. The second-order valence-electron chi connectivity index (χ2n) is 7.90. The summed E-state index contributed by atoms with van der Waals surface area (Å²) in [5.74, 6) is 0.622. The number of piperidine rings is 1. The number of nitro groups is 1. The van der Waals surface area contributed by atoms with E-state index in [9.17, 15) is 19.3 Å². The summed E-state index contributed by atoms with van der Waals surface area (Å²) in [6.07, 6.45) is 1.17. The third-order valence-electron chi connectivity index (χ3n) is 5.43. The molecule has 0 aromatic heterocycles. The Morgan fingerprint density at radius 3 is 2.41 bits per heavy atom. The van der Waals surface area contributed by atoms with E-state index in [1.165, 1.54) is 18.6 Å². The quantitative estimate of drug-likeness (QED) is 0.594. The second kappa shape index (κ2) is 8.21. The van der Waals surface area contributed by atoms with E-state index in [0.29, 0.717) is 50.2 Å². The van der Waals surface area contributed by atoms with Crippen molar-refractivity contribution >= 4 is 17.3 Å². The van der Waals surface area contributed by atoms with Gasteiger partial charge >= 0.3 is 0 Å². The molecular formula is C19H27FN4O3. The van der Waals surface area contributed by atoms with Crippen LogP contribution in [0, 0.1) is 27.8 Å². The number of halogens is 1. The number of carbonyl (C=O) groups is 1. The van der Waals surface area contributed by atoms with Crippen LogP contribution in [-0.2, 0) is 4.79 Å². The van der Waals surface area contributed by atoms with Gasteiger partial charge in [-0.3, -0.25) is 19.8 Å². The summed E-state index contributed by atoms with van der Waals surface area (Å²) >= 11 is 0. The van der Waals surface area contributed by atoms with Crippen LogP contribution < -0.4 is 4.90 Å². The van der Waals surface area contributed by atoms with E-state index in [0.717, 1.165) is 19.2 Å². The SMILES string of the molecule is CC1CC(C)CN(C(=O)CN2CCN(c3ccc(F)cc3[N+](=O)[O-])CC2)C1. The molecule has 0 saturated carbocycles. The Balaban J connectivity index is 1.56. The van der Waals surface area contributed by atoms with Gasteiger partial charge in [-0.25, -0.2) is 4.39 Å². The molecule has 0 spiro atoms. The first-order valence-electron chi connectivity index (χ1n) is 9.52. The number of anilines is 1. The molecule has 2 unspecified atom stereocenters. The van der Waals surface area contributed by atoms with Crippen molar-refractivity contribution in [1.82, 2.24) is 9.80 Å². The fourth-order valence-electron chi connectivity index (χ4n) is 4.21. The molecule has 2 fully saturated rings. The summed E-state index contributed by atoms with van der Waals surface area (Å²) in [6, 6.07) is 3.67. The number of nitrogens with zero attached hydrogens (tertiary/aromatic N) is 4. The van der Waals surface area contributed by atoms with Crippen molar-refractivity contribution in [3.63, 3.8) is 0 Å². The van der Waals surface area contributed by atoms with Crippen molar-refractivity contribution in [1.29, 1.82) is 0 Å². The molecular weight excluding hydrogens is 351 g/mol. The van der Waals surface area contributed by atoms with E-state index < -0.39 is 10.7 Å². The number of likely N-dealkylation sites (tertiary alicyclic amines) is 1. The summed E-state index contributed by atoms with van der Waals surface area (Å²) in [5.41, 5.74) is 0.224. The molecule has 0 bridgehead atoms. The number of rotatable bonds is 4. The summed E-state index contributed by atoms with van der Waals surface area (Å²) in [7, 11) is 0. The van der Waals surface area contributed by atoms with Gasteiger partial charge in [-0.15, -0.1) is 0 Å². The summed E-state index contributed by atoms with van der Waals surface area (Å²) in [4.78, 5) is 29.2. The second-order valence-corrected chi connectivity index (χ2v) is 7.90. The van der Waals surface area contributed by atoms with Gasteiger partial charge < -0.3 is 9.80 Å². The van der Waals surface area contributed by atoms with Crippen LogP contribution >= 0.6 is 0 Å². The van der Waals surface area contributed by atoms with Crippen LogP contribution in [-0.4, -0.2) is 66.4 Å². The zero-order chi connectivity index (χ0) is 19.6. The Morgan fingerprint density at radius 1 is 1.19 bits per heavy atom. The summed E-state index contributed by atoms with van der Waals surface area (Å²) in [6.45, 7) is 8.86. The zero-order valence-electron chi connectivity index (χ0n) is 15.9. The van der Waals surface area contributed by atoms with Gasteiger partial charge in [0, 0.05) is 39.3 Å². The lowest BCUT2D eigenvalue weighted by Crippen LogP contribution is -2.52. The number of nitro benzene ring substituents is 1. The standard InChI is InChI=1S/C19H27FN4O3/c1-14-9-15(2)12-23(11-14)19(25)13-21-5-7-22(8-6-21)17-4-3-16(20)10-18(17)24(26)27/h3-4,10,14-15H,5-9,11-13H2,1-2H3. The van der Waals surface area contributed by atoms with Crippen LogP contribution in [0.4, 0.5) is 15.8 Å². The van der Waals surface area contributed by atoms with Crippen LogP contribution in [0.15, 0.2) is 18.2 Å². The highest BCUT2D eigenvalue weighted by atomic mass is 19.1. The fourth-order valence-corrected chi connectivity index (χ4v) is 4.21. The van der Waals surface area contributed by atoms with Crippen molar-refractivity contribution in [2.24, 2.45) is 11.8 Å². The molecule has 1 aromatic carbocycles. The Hall–Kier alpha value is -2.22. The van der Waals surface area contributed by atoms with E-state index in [4.69, 9.17) is 0 Å². The minimum Gasteiger partial charge on any atom is -0.363 e. The van der Waals surface area contributed by atoms with Crippen LogP contribution in [0.1, 0.15) is 20.3 Å². The zero-order valence-corrected chi connectivity index (χ0v) is 15.9. The summed E-state index contributed by atoms with van der Waals surface area (Å²) < 4.78 is 13.3. The van der Waals surface area contributed by atoms with Gasteiger partial charge in [0.1, 0.15) is 11.5 Å². The van der Waals surface area contributed by atoms with Gasteiger partial charge in [-0.2, -0.15) is 0 Å². The number of hydrogen-bond acceptors (Lipinski definition) is 5. The van der Waals surface area contributed by atoms with E-state index >= 15 is 0 Å². The molecule has 2 saturated heterocycles. The molecule has 3 rings (SSSR count). The van der Waals surface area contributed by atoms with Crippen molar-refractivity contribution in [2.75, 3.05) is 50.7 Å². The third-order valence-corrected chi connectivity index (χ3v) is 5.43. The molecule has 2 aliphatic heterocycles. The van der Waals surface area contributed by atoms with Gasteiger partial charge in [-0.05, 0) is 30.4 Å². The van der Waals surface area contributed by atoms with Gasteiger partial charge in [-0.1, -0.05) is 13.8 Å². The van der Waals surface area contributed by atoms with E-state index in [1.807, 2.05) is 9.80 Å². The van der Waals surface area contributed by atoms with Gasteiger partial charge in [0.05, 0.1) is 17.5 Å². The molecule has 8 heteroatoms. The average molecular weight is 378 g/mol. The largest absolute Gasteiger partial charge is 0.363 e. The maximum absolute atomic E-state index is 13.3. The third kappa shape index (κ3) is 4.74. The van der Waals surface area contributed by atoms with Gasteiger partial charge in [0.2, 0.25) is 5.91 Å². The molecule has 148 valence electrons. The number of benzene rings is 1. The molecule has 0 N–H and O–H groups in total. The predicted molar refractivity (Wildman–Crippen MR) is 101 cm³/mol.